The largest absolute Gasteiger partial charge is 0.468 e. The lowest BCUT2D eigenvalue weighted by Crippen LogP contribution is -2.27. The molecule has 1 heterocycles. The first-order valence-electron chi connectivity index (χ1n) is 5.69. The molecule has 0 atom stereocenters. The predicted octanol–water partition coefficient (Wildman–Crippen LogP) is 2.38. The molecule has 0 aliphatic carbocycles. The fourth-order valence-corrected chi connectivity index (χ4v) is 2.81. The third kappa shape index (κ3) is 3.42. The van der Waals surface area contributed by atoms with Gasteiger partial charge < -0.3 is 4.42 Å². The van der Waals surface area contributed by atoms with Crippen LogP contribution in [-0.2, 0) is 22.3 Å². The zero-order valence-electron chi connectivity index (χ0n) is 10.4. The van der Waals surface area contributed by atoms with Gasteiger partial charge in [-0.1, -0.05) is 18.2 Å². The molecule has 0 spiro atoms. The number of sulfonamides is 1. The van der Waals surface area contributed by atoms with Crippen LogP contribution in [0.15, 0.2) is 47.1 Å². The smallest absolute Gasteiger partial charge is 0.218 e. The molecule has 0 aliphatic rings. The first-order valence-corrected chi connectivity index (χ1v) is 7.30. The van der Waals surface area contributed by atoms with Gasteiger partial charge in [0, 0.05) is 12.6 Å². The summed E-state index contributed by atoms with van der Waals surface area (Å²) in [6.45, 7) is 0.129. The lowest BCUT2D eigenvalue weighted by molar-refractivity contribution is 0.405. The van der Waals surface area contributed by atoms with Crippen LogP contribution >= 0.6 is 0 Å². The van der Waals surface area contributed by atoms with Crippen molar-refractivity contribution in [2.45, 2.75) is 12.3 Å². The Bertz CT molecular complexity index is 638. The minimum Gasteiger partial charge on any atom is -0.468 e. The number of furan rings is 1. The normalized spacial score (nSPS) is 11.9. The summed E-state index contributed by atoms with van der Waals surface area (Å²) in [5, 5.41) is 0. The van der Waals surface area contributed by atoms with Gasteiger partial charge in [0.2, 0.25) is 10.0 Å². The highest BCUT2D eigenvalue weighted by Gasteiger charge is 2.21. The second kappa shape index (κ2) is 5.54. The van der Waals surface area contributed by atoms with E-state index in [1.165, 1.54) is 31.5 Å². The van der Waals surface area contributed by atoms with Gasteiger partial charge in [0.1, 0.15) is 11.6 Å². The van der Waals surface area contributed by atoms with Crippen molar-refractivity contribution in [1.82, 2.24) is 4.31 Å². The van der Waals surface area contributed by atoms with E-state index in [-0.39, 0.29) is 17.9 Å². The first-order chi connectivity index (χ1) is 8.99. The molecule has 2 rings (SSSR count). The quantitative estimate of drug-likeness (QED) is 0.846. The Hall–Kier alpha value is -1.66. The van der Waals surface area contributed by atoms with E-state index in [1.54, 1.807) is 18.2 Å². The standard InChI is InChI=1S/C13H14FNO3S/c1-15(9-12-6-4-8-18-12)19(16,17)10-11-5-2-3-7-13(11)14/h2-8H,9-10H2,1H3. The van der Waals surface area contributed by atoms with Gasteiger partial charge in [-0.25, -0.2) is 12.8 Å². The third-order valence-electron chi connectivity index (χ3n) is 2.73. The maximum absolute atomic E-state index is 13.5. The Morgan fingerprint density at radius 1 is 1.21 bits per heavy atom. The van der Waals surface area contributed by atoms with Crippen molar-refractivity contribution in [3.8, 4) is 0 Å². The number of benzene rings is 1. The van der Waals surface area contributed by atoms with Crippen molar-refractivity contribution in [2.24, 2.45) is 0 Å². The van der Waals surface area contributed by atoms with Crippen LogP contribution in [0.2, 0.25) is 0 Å². The topological polar surface area (TPSA) is 50.5 Å². The molecule has 6 heteroatoms. The van der Waals surface area contributed by atoms with Gasteiger partial charge in [-0.3, -0.25) is 0 Å². The van der Waals surface area contributed by atoms with Crippen LogP contribution in [0.3, 0.4) is 0 Å². The number of halogens is 1. The van der Waals surface area contributed by atoms with Crippen molar-refractivity contribution < 1.29 is 17.2 Å². The molecule has 0 saturated carbocycles. The Morgan fingerprint density at radius 2 is 1.95 bits per heavy atom. The second-order valence-corrected chi connectivity index (χ2v) is 6.26. The second-order valence-electron chi connectivity index (χ2n) is 4.18. The van der Waals surface area contributed by atoms with E-state index in [9.17, 15) is 12.8 Å². The van der Waals surface area contributed by atoms with Crippen LogP contribution < -0.4 is 0 Å². The SMILES string of the molecule is CN(Cc1ccco1)S(=O)(=O)Cc1ccccc1F. The highest BCUT2D eigenvalue weighted by Crippen LogP contribution is 2.15. The Labute approximate surface area is 111 Å². The van der Waals surface area contributed by atoms with Gasteiger partial charge in [0.15, 0.2) is 0 Å². The molecule has 0 amide bonds. The molecule has 0 fully saturated rings. The Kier molecular flexibility index (Phi) is 4.01. The Balaban J connectivity index is 2.12. The summed E-state index contributed by atoms with van der Waals surface area (Å²) < 4.78 is 43.9. The maximum atomic E-state index is 13.5. The van der Waals surface area contributed by atoms with Crippen molar-refractivity contribution >= 4 is 10.0 Å². The molecular formula is C13H14FNO3S. The van der Waals surface area contributed by atoms with Crippen molar-refractivity contribution in [1.29, 1.82) is 0 Å². The highest BCUT2D eigenvalue weighted by atomic mass is 32.2. The summed E-state index contributed by atoms with van der Waals surface area (Å²) >= 11 is 0. The minimum absolute atomic E-state index is 0.129. The van der Waals surface area contributed by atoms with E-state index >= 15 is 0 Å². The van der Waals surface area contributed by atoms with Gasteiger partial charge in [-0.2, -0.15) is 4.31 Å². The fourth-order valence-electron chi connectivity index (χ4n) is 1.64. The predicted molar refractivity (Wildman–Crippen MR) is 69.2 cm³/mol. The van der Waals surface area contributed by atoms with Crippen molar-refractivity contribution in [3.63, 3.8) is 0 Å². The molecule has 19 heavy (non-hydrogen) atoms. The summed E-state index contributed by atoms with van der Waals surface area (Å²) in [4.78, 5) is 0. The number of hydrogen-bond donors (Lipinski definition) is 0. The van der Waals surface area contributed by atoms with Crippen LogP contribution in [0, 0.1) is 5.82 Å². The molecule has 0 unspecified atom stereocenters. The molecule has 0 bridgehead atoms. The average molecular weight is 283 g/mol. The van der Waals surface area contributed by atoms with E-state index in [2.05, 4.69) is 0 Å². The molecule has 4 nitrogen and oxygen atoms in total. The monoisotopic (exact) mass is 283 g/mol. The molecule has 1 aromatic carbocycles. The molecule has 1 aromatic heterocycles. The zero-order valence-corrected chi connectivity index (χ0v) is 11.2. The third-order valence-corrected chi connectivity index (χ3v) is 4.48. The van der Waals surface area contributed by atoms with Gasteiger partial charge in [0.25, 0.3) is 0 Å². The van der Waals surface area contributed by atoms with E-state index in [4.69, 9.17) is 4.42 Å². The maximum Gasteiger partial charge on any atom is 0.218 e. The number of rotatable bonds is 5. The number of hydrogen-bond acceptors (Lipinski definition) is 3. The molecule has 0 saturated heterocycles. The summed E-state index contributed by atoms with van der Waals surface area (Å²) in [6.07, 6.45) is 1.48. The van der Waals surface area contributed by atoms with Crippen LogP contribution in [0.1, 0.15) is 11.3 Å². The zero-order chi connectivity index (χ0) is 13.9. The van der Waals surface area contributed by atoms with E-state index in [0.717, 1.165) is 4.31 Å². The summed E-state index contributed by atoms with van der Waals surface area (Å²) in [5.41, 5.74) is 0.161. The summed E-state index contributed by atoms with van der Waals surface area (Å²) in [5.74, 6) is -0.339. The highest BCUT2D eigenvalue weighted by molar-refractivity contribution is 7.88. The lowest BCUT2D eigenvalue weighted by atomic mass is 10.2. The molecule has 2 aromatic rings. The molecule has 0 N–H and O–H groups in total. The fraction of sp³-hybridized carbons (Fsp3) is 0.231. The van der Waals surface area contributed by atoms with Gasteiger partial charge in [-0.15, -0.1) is 0 Å². The molecular weight excluding hydrogens is 269 g/mol. The lowest BCUT2D eigenvalue weighted by Gasteiger charge is -2.16. The number of nitrogens with zero attached hydrogens (tertiary/aromatic N) is 1. The Morgan fingerprint density at radius 3 is 2.58 bits per heavy atom. The summed E-state index contributed by atoms with van der Waals surface area (Å²) in [7, 11) is -2.14. The van der Waals surface area contributed by atoms with E-state index in [1.807, 2.05) is 0 Å². The average Bonchev–Trinajstić information content (AvgIpc) is 2.84. The molecule has 102 valence electrons. The minimum atomic E-state index is -3.58. The summed E-state index contributed by atoms with van der Waals surface area (Å²) in [6, 6.07) is 9.23. The van der Waals surface area contributed by atoms with Crippen molar-refractivity contribution in [3.05, 3.63) is 59.8 Å². The van der Waals surface area contributed by atoms with Gasteiger partial charge >= 0.3 is 0 Å². The first kappa shape index (κ1) is 13.8. The molecule has 0 aliphatic heterocycles. The van der Waals surface area contributed by atoms with E-state index in [0.29, 0.717) is 5.76 Å². The van der Waals surface area contributed by atoms with Gasteiger partial charge in [-0.05, 0) is 18.2 Å². The van der Waals surface area contributed by atoms with Crippen LogP contribution in [0.25, 0.3) is 0 Å². The van der Waals surface area contributed by atoms with Gasteiger partial charge in [0.05, 0.1) is 18.6 Å². The van der Waals surface area contributed by atoms with Crippen LogP contribution in [-0.4, -0.2) is 19.8 Å². The molecule has 0 radical (unpaired) electrons. The van der Waals surface area contributed by atoms with Crippen LogP contribution in [0.4, 0.5) is 4.39 Å². The van der Waals surface area contributed by atoms with E-state index < -0.39 is 15.8 Å². The van der Waals surface area contributed by atoms with Crippen molar-refractivity contribution in [2.75, 3.05) is 7.05 Å². The van der Waals surface area contributed by atoms with Crippen LogP contribution in [0.5, 0.6) is 0 Å².